The van der Waals surface area contributed by atoms with E-state index in [1.165, 1.54) is 12.1 Å². The summed E-state index contributed by atoms with van der Waals surface area (Å²) < 4.78 is 12.9. The van der Waals surface area contributed by atoms with E-state index in [-0.39, 0.29) is 5.82 Å². The van der Waals surface area contributed by atoms with Gasteiger partial charge in [0, 0.05) is 17.3 Å². The third-order valence-electron chi connectivity index (χ3n) is 1.36. The molecule has 0 atom stereocenters. The molecule has 0 bridgehead atoms. The van der Waals surface area contributed by atoms with Gasteiger partial charge in [-0.25, -0.2) is 4.39 Å². The van der Waals surface area contributed by atoms with Gasteiger partial charge < -0.3 is 5.32 Å². The predicted molar refractivity (Wildman–Crippen MR) is 53.8 cm³/mol. The first kappa shape index (κ1) is 9.68. The fraction of sp³-hybridized carbons (Fsp3) is 0.250. The lowest BCUT2D eigenvalue weighted by Gasteiger charge is -2.05. The van der Waals surface area contributed by atoms with Gasteiger partial charge in [-0.2, -0.15) is 12.6 Å². The quantitative estimate of drug-likeness (QED) is 0.724. The molecule has 66 valence electrons. The molecular weight excluding hydrogens is 197 g/mol. The Morgan fingerprint density at radius 2 is 2.25 bits per heavy atom. The van der Waals surface area contributed by atoms with Crippen molar-refractivity contribution in [2.45, 2.75) is 0 Å². The number of rotatable bonds is 3. The summed E-state index contributed by atoms with van der Waals surface area (Å²) in [6.45, 7) is 0.625. The lowest BCUT2D eigenvalue weighted by molar-refractivity contribution is 0.630. The summed E-state index contributed by atoms with van der Waals surface area (Å²) >= 11 is 9.66. The van der Waals surface area contributed by atoms with Crippen LogP contribution < -0.4 is 5.32 Å². The Bertz CT molecular complexity index is 267. The summed E-state index contributed by atoms with van der Waals surface area (Å²) in [4.78, 5) is 0. The summed E-state index contributed by atoms with van der Waals surface area (Å²) in [5.41, 5.74) is 0.427. The average molecular weight is 206 g/mol. The van der Waals surface area contributed by atoms with Gasteiger partial charge >= 0.3 is 0 Å². The van der Waals surface area contributed by atoms with Gasteiger partial charge in [0.25, 0.3) is 0 Å². The van der Waals surface area contributed by atoms with Crippen molar-refractivity contribution in [1.82, 2.24) is 0 Å². The summed E-state index contributed by atoms with van der Waals surface area (Å²) in [7, 11) is 0. The Hall–Kier alpha value is -0.410. The van der Waals surface area contributed by atoms with Gasteiger partial charge in [0.05, 0.1) is 5.69 Å². The highest BCUT2D eigenvalue weighted by Crippen LogP contribution is 2.18. The van der Waals surface area contributed by atoms with Crippen LogP contribution in [0.4, 0.5) is 10.1 Å². The van der Waals surface area contributed by atoms with E-state index in [0.717, 1.165) is 0 Å². The first-order valence-electron chi connectivity index (χ1n) is 3.54. The maximum Gasteiger partial charge on any atom is 0.146 e. The standard InChI is InChI=1S/C8H9ClFNS/c9-6-1-2-7(10)8(5-6)11-3-4-12/h1-2,5,11-12H,3-4H2. The van der Waals surface area contributed by atoms with E-state index in [4.69, 9.17) is 11.6 Å². The molecule has 0 aliphatic heterocycles. The molecule has 12 heavy (non-hydrogen) atoms. The molecule has 0 amide bonds. The third-order valence-corrected chi connectivity index (χ3v) is 1.81. The van der Waals surface area contributed by atoms with Gasteiger partial charge in [0.1, 0.15) is 5.82 Å². The minimum absolute atomic E-state index is 0.291. The van der Waals surface area contributed by atoms with Crippen LogP contribution in [0.2, 0.25) is 5.02 Å². The molecular formula is C8H9ClFNS. The first-order chi connectivity index (χ1) is 5.74. The minimum atomic E-state index is -0.291. The van der Waals surface area contributed by atoms with Gasteiger partial charge in [-0.15, -0.1) is 0 Å². The van der Waals surface area contributed by atoms with Crippen molar-refractivity contribution >= 4 is 29.9 Å². The second-order valence-corrected chi connectivity index (χ2v) is 3.16. The molecule has 1 N–H and O–H groups in total. The zero-order valence-corrected chi connectivity index (χ0v) is 8.00. The van der Waals surface area contributed by atoms with Crippen molar-refractivity contribution in [2.24, 2.45) is 0 Å². The lowest BCUT2D eigenvalue weighted by Crippen LogP contribution is -2.03. The van der Waals surface area contributed by atoms with Crippen LogP contribution in [0.25, 0.3) is 0 Å². The molecule has 0 fully saturated rings. The molecule has 0 unspecified atom stereocenters. The van der Waals surface area contributed by atoms with Crippen LogP contribution >= 0.6 is 24.2 Å². The van der Waals surface area contributed by atoms with Crippen LogP contribution in [0.3, 0.4) is 0 Å². The maximum atomic E-state index is 12.9. The number of halogens is 2. The zero-order chi connectivity index (χ0) is 8.97. The monoisotopic (exact) mass is 205 g/mol. The smallest absolute Gasteiger partial charge is 0.146 e. The predicted octanol–water partition coefficient (Wildman–Crippen LogP) is 2.82. The van der Waals surface area contributed by atoms with Gasteiger partial charge in [-0.3, -0.25) is 0 Å². The van der Waals surface area contributed by atoms with Crippen molar-refractivity contribution in [3.63, 3.8) is 0 Å². The van der Waals surface area contributed by atoms with Crippen molar-refractivity contribution in [3.8, 4) is 0 Å². The second kappa shape index (κ2) is 4.58. The van der Waals surface area contributed by atoms with E-state index in [1.807, 2.05) is 0 Å². The van der Waals surface area contributed by atoms with Gasteiger partial charge in [-0.1, -0.05) is 11.6 Å². The maximum absolute atomic E-state index is 12.9. The van der Waals surface area contributed by atoms with E-state index >= 15 is 0 Å². The van der Waals surface area contributed by atoms with Gasteiger partial charge in [-0.05, 0) is 18.2 Å². The Morgan fingerprint density at radius 1 is 1.50 bits per heavy atom. The third kappa shape index (κ3) is 2.57. The van der Waals surface area contributed by atoms with Crippen LogP contribution in [0.5, 0.6) is 0 Å². The number of hydrogen-bond acceptors (Lipinski definition) is 2. The van der Waals surface area contributed by atoms with Gasteiger partial charge in [0.2, 0.25) is 0 Å². The second-order valence-electron chi connectivity index (χ2n) is 2.27. The van der Waals surface area contributed by atoms with Crippen LogP contribution in [-0.4, -0.2) is 12.3 Å². The normalized spacial score (nSPS) is 9.92. The molecule has 1 rings (SSSR count). The van der Waals surface area contributed by atoms with E-state index < -0.39 is 0 Å². The molecule has 1 aromatic rings. The molecule has 0 aliphatic carbocycles. The highest BCUT2D eigenvalue weighted by Gasteiger charge is 2.00. The number of benzene rings is 1. The molecule has 1 aromatic carbocycles. The largest absolute Gasteiger partial charge is 0.382 e. The summed E-state index contributed by atoms with van der Waals surface area (Å²) in [5.74, 6) is 0.368. The van der Waals surface area contributed by atoms with Crippen molar-refractivity contribution in [2.75, 3.05) is 17.6 Å². The van der Waals surface area contributed by atoms with Gasteiger partial charge in [0.15, 0.2) is 0 Å². The Morgan fingerprint density at radius 3 is 2.92 bits per heavy atom. The first-order valence-corrected chi connectivity index (χ1v) is 4.55. The molecule has 0 saturated carbocycles. The Balaban J connectivity index is 2.75. The molecule has 0 heterocycles. The lowest BCUT2D eigenvalue weighted by atomic mass is 10.3. The molecule has 0 saturated heterocycles. The zero-order valence-electron chi connectivity index (χ0n) is 6.35. The molecule has 0 aliphatic rings. The summed E-state index contributed by atoms with van der Waals surface area (Å²) in [6, 6.07) is 4.41. The van der Waals surface area contributed by atoms with E-state index in [2.05, 4.69) is 17.9 Å². The van der Waals surface area contributed by atoms with Crippen LogP contribution in [0, 0.1) is 5.82 Å². The van der Waals surface area contributed by atoms with Crippen molar-refractivity contribution in [3.05, 3.63) is 29.0 Å². The highest BCUT2D eigenvalue weighted by molar-refractivity contribution is 7.80. The molecule has 0 aromatic heterocycles. The fourth-order valence-electron chi connectivity index (χ4n) is 0.824. The van der Waals surface area contributed by atoms with E-state index in [1.54, 1.807) is 6.07 Å². The van der Waals surface area contributed by atoms with Crippen LogP contribution in [-0.2, 0) is 0 Å². The van der Waals surface area contributed by atoms with Crippen molar-refractivity contribution < 1.29 is 4.39 Å². The van der Waals surface area contributed by atoms with Crippen LogP contribution in [0.15, 0.2) is 18.2 Å². The molecule has 0 spiro atoms. The number of hydrogen-bond donors (Lipinski definition) is 2. The number of nitrogens with one attached hydrogen (secondary N) is 1. The topological polar surface area (TPSA) is 12.0 Å². The van der Waals surface area contributed by atoms with Crippen LogP contribution in [0.1, 0.15) is 0 Å². The number of thiol groups is 1. The SMILES string of the molecule is Fc1ccc(Cl)cc1NCCS. The number of anilines is 1. The summed E-state index contributed by atoms with van der Waals surface area (Å²) in [5, 5.41) is 3.39. The minimum Gasteiger partial charge on any atom is -0.382 e. The summed E-state index contributed by atoms with van der Waals surface area (Å²) in [6.07, 6.45) is 0. The van der Waals surface area contributed by atoms with E-state index in [9.17, 15) is 4.39 Å². The molecule has 1 nitrogen and oxygen atoms in total. The molecule has 4 heteroatoms. The van der Waals surface area contributed by atoms with Crippen molar-refractivity contribution in [1.29, 1.82) is 0 Å². The fourth-order valence-corrected chi connectivity index (χ4v) is 1.11. The van der Waals surface area contributed by atoms with E-state index in [0.29, 0.717) is 23.0 Å². The average Bonchev–Trinajstić information content (AvgIpc) is 2.07. The highest BCUT2D eigenvalue weighted by atomic mass is 35.5. The Kier molecular flexibility index (Phi) is 3.69. The Labute approximate surface area is 81.3 Å². The molecule has 0 radical (unpaired) electrons.